The van der Waals surface area contributed by atoms with Gasteiger partial charge in [0, 0.05) is 16.8 Å². The second kappa shape index (κ2) is 10.3. The van der Waals surface area contributed by atoms with Crippen LogP contribution in [0.15, 0.2) is 40.1 Å². The fraction of sp³-hybridized carbons (Fsp3) is 0.250. The van der Waals surface area contributed by atoms with Crippen LogP contribution >= 0.6 is 23.4 Å². The number of benzene rings is 1. The van der Waals surface area contributed by atoms with Gasteiger partial charge in [-0.1, -0.05) is 40.7 Å². The molecule has 1 aromatic carbocycles. The highest BCUT2D eigenvalue weighted by molar-refractivity contribution is 7.98. The first-order valence-electron chi connectivity index (χ1n) is 9.26. The molecule has 0 aliphatic carbocycles. The van der Waals surface area contributed by atoms with Gasteiger partial charge in [0.25, 0.3) is 0 Å². The number of thioether (sulfide) groups is 1. The molecule has 11 heteroatoms. The monoisotopic (exact) mass is 462 g/mol. The van der Waals surface area contributed by atoms with Crippen molar-refractivity contribution >= 4 is 47.0 Å². The zero-order chi connectivity index (χ0) is 22.4. The molecule has 0 unspecified atom stereocenters. The predicted molar refractivity (Wildman–Crippen MR) is 116 cm³/mol. The Morgan fingerprint density at radius 3 is 2.45 bits per heavy atom. The maximum atomic E-state index is 12.7. The Morgan fingerprint density at radius 1 is 1.13 bits per heavy atom. The number of nitrogens with zero attached hydrogens (tertiary/aromatic N) is 3. The van der Waals surface area contributed by atoms with Crippen LogP contribution in [0.25, 0.3) is 11.3 Å². The van der Waals surface area contributed by atoms with Crippen molar-refractivity contribution in [2.75, 3.05) is 24.8 Å². The normalized spacial score (nSPS) is 10.6. The highest BCUT2D eigenvalue weighted by Gasteiger charge is 2.27. The van der Waals surface area contributed by atoms with Gasteiger partial charge in [-0.15, -0.1) is 0 Å². The number of esters is 2. The topological polar surface area (TPSA) is 116 Å². The van der Waals surface area contributed by atoms with Crippen LogP contribution < -0.4 is 5.32 Å². The highest BCUT2D eigenvalue weighted by atomic mass is 35.5. The molecule has 2 heterocycles. The molecule has 0 spiro atoms. The first-order chi connectivity index (χ1) is 15.0. The van der Waals surface area contributed by atoms with Crippen LogP contribution in [0.1, 0.15) is 34.6 Å². The van der Waals surface area contributed by atoms with E-state index in [1.807, 2.05) is 0 Å². The number of rotatable bonds is 8. The van der Waals surface area contributed by atoms with E-state index in [0.717, 1.165) is 0 Å². The van der Waals surface area contributed by atoms with E-state index in [1.165, 1.54) is 18.0 Å². The number of hydrogen-bond donors (Lipinski definition) is 1. The molecule has 2 aromatic heterocycles. The first kappa shape index (κ1) is 22.6. The average Bonchev–Trinajstić information content (AvgIpc) is 3.18. The van der Waals surface area contributed by atoms with Gasteiger partial charge in [0.1, 0.15) is 11.3 Å². The summed E-state index contributed by atoms with van der Waals surface area (Å²) in [5.74, 6) is -1.18. The van der Waals surface area contributed by atoms with Gasteiger partial charge < -0.3 is 19.3 Å². The van der Waals surface area contributed by atoms with E-state index >= 15 is 0 Å². The maximum absolute atomic E-state index is 12.7. The van der Waals surface area contributed by atoms with Crippen molar-refractivity contribution in [2.45, 2.75) is 19.0 Å². The number of carbonyl (C=O) groups is 2. The lowest BCUT2D eigenvalue weighted by Gasteiger charge is -2.10. The summed E-state index contributed by atoms with van der Waals surface area (Å²) in [6.45, 7) is 3.71. The van der Waals surface area contributed by atoms with Gasteiger partial charge in [0.15, 0.2) is 16.5 Å². The van der Waals surface area contributed by atoms with Gasteiger partial charge in [0.2, 0.25) is 5.88 Å². The summed E-state index contributed by atoms with van der Waals surface area (Å²) in [5.41, 5.74) is 0.999. The van der Waals surface area contributed by atoms with Crippen molar-refractivity contribution < 1.29 is 23.6 Å². The molecule has 0 atom stereocenters. The van der Waals surface area contributed by atoms with E-state index in [0.29, 0.717) is 15.7 Å². The van der Waals surface area contributed by atoms with Crippen LogP contribution in [-0.2, 0) is 9.47 Å². The van der Waals surface area contributed by atoms with Gasteiger partial charge in [0.05, 0.1) is 13.2 Å². The smallest absolute Gasteiger partial charge is 0.346 e. The van der Waals surface area contributed by atoms with Gasteiger partial charge in [-0.3, -0.25) is 0 Å². The van der Waals surface area contributed by atoms with Gasteiger partial charge in [-0.05, 0) is 32.2 Å². The third kappa shape index (κ3) is 5.15. The Balaban J connectivity index is 2.08. The Hall–Kier alpha value is -3.11. The second-order valence-electron chi connectivity index (χ2n) is 5.93. The average molecular weight is 463 g/mol. The molecule has 31 heavy (non-hydrogen) atoms. The summed E-state index contributed by atoms with van der Waals surface area (Å²) >= 11 is 7.24. The maximum Gasteiger partial charge on any atom is 0.346 e. The Morgan fingerprint density at radius 2 is 1.81 bits per heavy atom. The van der Waals surface area contributed by atoms with Gasteiger partial charge in [-0.25, -0.2) is 19.6 Å². The van der Waals surface area contributed by atoms with Crippen molar-refractivity contribution in [3.05, 3.63) is 46.6 Å². The van der Waals surface area contributed by atoms with E-state index in [2.05, 4.69) is 20.4 Å². The molecule has 0 amide bonds. The quantitative estimate of drug-likeness (QED) is 0.289. The Labute approximate surface area is 187 Å². The summed E-state index contributed by atoms with van der Waals surface area (Å²) in [5, 5.41) is 7.84. The molecule has 9 nitrogen and oxygen atoms in total. The summed E-state index contributed by atoms with van der Waals surface area (Å²) < 4.78 is 15.6. The van der Waals surface area contributed by atoms with E-state index in [1.54, 1.807) is 44.4 Å². The molecule has 0 bridgehead atoms. The number of halogens is 1. The molecule has 1 N–H and O–H groups in total. The van der Waals surface area contributed by atoms with Crippen molar-refractivity contribution in [3.8, 4) is 11.3 Å². The zero-order valence-electron chi connectivity index (χ0n) is 17.0. The van der Waals surface area contributed by atoms with Crippen LogP contribution in [0.3, 0.4) is 0 Å². The van der Waals surface area contributed by atoms with Crippen molar-refractivity contribution in [3.63, 3.8) is 0 Å². The van der Waals surface area contributed by atoms with Crippen LogP contribution in [0, 0.1) is 0 Å². The third-order valence-corrected chi connectivity index (χ3v) is 4.78. The van der Waals surface area contributed by atoms with Crippen LogP contribution in [0.4, 0.5) is 11.7 Å². The van der Waals surface area contributed by atoms with Crippen LogP contribution in [-0.4, -0.2) is 46.5 Å². The summed E-state index contributed by atoms with van der Waals surface area (Å²) in [6.07, 6.45) is 3.14. The fourth-order valence-electron chi connectivity index (χ4n) is 2.60. The fourth-order valence-corrected chi connectivity index (χ4v) is 3.06. The number of aromatic nitrogens is 3. The van der Waals surface area contributed by atoms with Gasteiger partial charge >= 0.3 is 11.9 Å². The minimum absolute atomic E-state index is 0.0281. The molecule has 0 saturated carbocycles. The highest BCUT2D eigenvalue weighted by Crippen LogP contribution is 2.33. The van der Waals surface area contributed by atoms with E-state index in [-0.39, 0.29) is 41.7 Å². The van der Waals surface area contributed by atoms with E-state index in [4.69, 9.17) is 25.6 Å². The minimum Gasteiger partial charge on any atom is -0.462 e. The molecular weight excluding hydrogens is 444 g/mol. The zero-order valence-corrected chi connectivity index (χ0v) is 18.5. The van der Waals surface area contributed by atoms with Crippen molar-refractivity contribution in [2.24, 2.45) is 0 Å². The number of ether oxygens (including phenoxy) is 2. The number of carbonyl (C=O) groups excluding carboxylic acids is 2. The summed E-state index contributed by atoms with van der Waals surface area (Å²) in [6, 6.07) is 6.74. The lowest BCUT2D eigenvalue weighted by Crippen LogP contribution is -2.12. The molecule has 0 aliphatic heterocycles. The second-order valence-corrected chi connectivity index (χ2v) is 7.14. The number of anilines is 2. The molecule has 0 aliphatic rings. The summed E-state index contributed by atoms with van der Waals surface area (Å²) in [4.78, 5) is 33.5. The molecule has 3 aromatic rings. The number of hydrogen-bond acceptors (Lipinski definition) is 10. The van der Waals surface area contributed by atoms with Crippen molar-refractivity contribution in [1.29, 1.82) is 0 Å². The lowest BCUT2D eigenvalue weighted by molar-refractivity contribution is 0.0518. The molecule has 3 rings (SSSR count). The van der Waals surface area contributed by atoms with Crippen molar-refractivity contribution in [1.82, 2.24) is 15.1 Å². The lowest BCUT2D eigenvalue weighted by atomic mass is 10.1. The minimum atomic E-state index is -0.645. The molecule has 162 valence electrons. The van der Waals surface area contributed by atoms with E-state index < -0.39 is 11.9 Å². The molecule has 0 saturated heterocycles. The number of nitrogens with one attached hydrogen (secondary N) is 1. The Kier molecular flexibility index (Phi) is 7.48. The predicted octanol–water partition coefficient (Wildman–Crippen LogP) is 4.60. The largest absolute Gasteiger partial charge is 0.462 e. The summed E-state index contributed by atoms with van der Waals surface area (Å²) in [7, 11) is 0. The van der Waals surface area contributed by atoms with Crippen LogP contribution in [0.5, 0.6) is 0 Å². The van der Waals surface area contributed by atoms with Crippen LogP contribution in [0.2, 0.25) is 5.02 Å². The Bertz CT molecular complexity index is 1090. The molecule has 0 radical (unpaired) electrons. The van der Waals surface area contributed by atoms with Gasteiger partial charge in [-0.2, -0.15) is 0 Å². The SMILES string of the molecule is CCOC(=O)c1cnc(SC)nc1Nc1onc(-c2ccc(Cl)cc2)c1C(=O)OCC. The third-order valence-electron chi connectivity index (χ3n) is 3.97. The molecular formula is C20H19ClN4O5S. The standard InChI is InChI=1S/C20H19ClN4O5S/c1-4-28-18(26)13-10-22-20(31-3)24-16(13)23-17-14(19(27)29-5-2)15(25-30-17)11-6-8-12(21)9-7-11/h6-10H,4-5H2,1-3H3,(H,22,23,24). The molecule has 0 fully saturated rings. The van der Waals surface area contributed by atoms with E-state index in [9.17, 15) is 9.59 Å². The first-order valence-corrected chi connectivity index (χ1v) is 10.9.